The summed E-state index contributed by atoms with van der Waals surface area (Å²) in [6.45, 7) is 4.58. The summed E-state index contributed by atoms with van der Waals surface area (Å²) in [4.78, 5) is 36.9. The lowest BCUT2D eigenvalue weighted by Crippen LogP contribution is -2.55. The first-order valence-electron chi connectivity index (χ1n) is 23.0. The molecule has 2 atom stereocenters. The Bertz CT molecular complexity index is 1020. The number of allylic oxidation sites excluding steroid dienone is 6. The summed E-state index contributed by atoms with van der Waals surface area (Å²) < 4.78 is 17.2. The number of hydrogen-bond acceptors (Lipinski definition) is 7. The van der Waals surface area contributed by atoms with E-state index in [-0.39, 0.29) is 42.7 Å². The van der Waals surface area contributed by atoms with Crippen LogP contribution in [0, 0.1) is 0 Å². The number of rotatable bonds is 41. The molecule has 0 saturated heterocycles. The number of esters is 2. The first-order chi connectivity index (χ1) is 27.1. The topological polar surface area (TPSA) is 102 Å². The third kappa shape index (κ3) is 37.1. The summed E-state index contributed by atoms with van der Waals surface area (Å²) in [5.41, 5.74) is 0. The fourth-order valence-corrected chi connectivity index (χ4v) is 6.63. The molecule has 0 aliphatic rings. The second-order valence-electron chi connectivity index (χ2n) is 16.6. The normalized spacial score (nSPS) is 13.2. The van der Waals surface area contributed by atoms with Crippen molar-refractivity contribution in [2.45, 2.75) is 212 Å². The van der Waals surface area contributed by atoms with E-state index in [0.29, 0.717) is 12.8 Å². The second kappa shape index (κ2) is 39.4. The van der Waals surface area contributed by atoms with Gasteiger partial charge in [0.2, 0.25) is 0 Å². The number of unbranched alkanes of at least 4 members (excludes halogenated alkanes) is 21. The predicted molar refractivity (Wildman–Crippen MR) is 231 cm³/mol. The average Bonchev–Trinajstić information content (AvgIpc) is 3.15. The minimum Gasteiger partial charge on any atom is -0.544 e. The first-order valence-corrected chi connectivity index (χ1v) is 23.0. The third-order valence-electron chi connectivity index (χ3n) is 10.2. The van der Waals surface area contributed by atoms with Gasteiger partial charge in [-0.1, -0.05) is 153 Å². The maximum absolute atomic E-state index is 12.7. The number of likely N-dealkylation sites (N-methyl/N-ethyl adjacent to an activating group) is 1. The number of aliphatic carboxylic acids is 1. The van der Waals surface area contributed by atoms with E-state index in [1.807, 2.05) is 0 Å². The summed E-state index contributed by atoms with van der Waals surface area (Å²) >= 11 is 0. The van der Waals surface area contributed by atoms with Crippen molar-refractivity contribution in [2.75, 3.05) is 41.0 Å². The maximum Gasteiger partial charge on any atom is 0.306 e. The van der Waals surface area contributed by atoms with Crippen molar-refractivity contribution in [2.24, 2.45) is 0 Å². The van der Waals surface area contributed by atoms with Crippen LogP contribution in [0.5, 0.6) is 0 Å². The molecule has 8 heteroatoms. The molecule has 0 aromatic carbocycles. The van der Waals surface area contributed by atoms with E-state index >= 15 is 0 Å². The fraction of sp³-hybridized carbons (Fsp3) is 0.812. The maximum atomic E-state index is 12.7. The zero-order valence-corrected chi connectivity index (χ0v) is 37.1. The van der Waals surface area contributed by atoms with Crippen LogP contribution in [0.15, 0.2) is 36.5 Å². The molecular weight excluding hydrogens is 703 g/mol. The minimum absolute atomic E-state index is 0.0355. The molecule has 0 aromatic rings. The number of hydrogen-bond donors (Lipinski definition) is 0. The molecule has 0 spiro atoms. The van der Waals surface area contributed by atoms with E-state index in [1.54, 1.807) is 21.1 Å². The zero-order chi connectivity index (χ0) is 41.4. The average molecular weight is 790 g/mol. The largest absolute Gasteiger partial charge is 0.544 e. The van der Waals surface area contributed by atoms with Gasteiger partial charge in [-0.2, -0.15) is 0 Å². The smallest absolute Gasteiger partial charge is 0.306 e. The molecule has 56 heavy (non-hydrogen) atoms. The number of carboxylic acid groups (broad SMARTS) is 1. The first kappa shape index (κ1) is 53.6. The highest BCUT2D eigenvalue weighted by Crippen LogP contribution is 2.14. The van der Waals surface area contributed by atoms with Crippen LogP contribution < -0.4 is 5.11 Å². The highest BCUT2D eigenvalue weighted by molar-refractivity contribution is 5.70. The van der Waals surface area contributed by atoms with Crippen LogP contribution in [0.2, 0.25) is 0 Å². The predicted octanol–water partition coefficient (Wildman–Crippen LogP) is 11.3. The molecule has 326 valence electrons. The second-order valence-corrected chi connectivity index (χ2v) is 16.6. The zero-order valence-electron chi connectivity index (χ0n) is 37.1. The van der Waals surface area contributed by atoms with E-state index < -0.39 is 18.1 Å². The Morgan fingerprint density at radius 2 is 0.982 bits per heavy atom. The molecule has 2 unspecified atom stereocenters. The van der Waals surface area contributed by atoms with Gasteiger partial charge >= 0.3 is 11.9 Å². The molecule has 0 saturated carbocycles. The van der Waals surface area contributed by atoms with E-state index in [1.165, 1.54) is 96.3 Å². The van der Waals surface area contributed by atoms with Gasteiger partial charge < -0.3 is 28.6 Å². The van der Waals surface area contributed by atoms with Gasteiger partial charge in [-0.15, -0.1) is 0 Å². The number of carbonyl (C=O) groups is 3. The van der Waals surface area contributed by atoms with E-state index in [0.717, 1.165) is 70.6 Å². The van der Waals surface area contributed by atoms with Crippen molar-refractivity contribution in [1.29, 1.82) is 0 Å². The third-order valence-corrected chi connectivity index (χ3v) is 10.2. The van der Waals surface area contributed by atoms with E-state index in [4.69, 9.17) is 14.2 Å². The molecule has 0 N–H and O–H groups in total. The van der Waals surface area contributed by atoms with Crippen LogP contribution in [0.1, 0.15) is 200 Å². The lowest BCUT2D eigenvalue weighted by molar-refractivity contribution is -0.889. The molecule has 0 radical (unpaired) electrons. The molecule has 0 aliphatic carbocycles. The van der Waals surface area contributed by atoms with E-state index in [2.05, 4.69) is 50.3 Å². The lowest BCUT2D eigenvalue weighted by atomic mass is 10.1. The molecule has 0 aliphatic heterocycles. The summed E-state index contributed by atoms with van der Waals surface area (Å²) in [7, 11) is 5.40. The van der Waals surface area contributed by atoms with Crippen molar-refractivity contribution in [3.05, 3.63) is 36.5 Å². The Morgan fingerprint density at radius 1 is 0.536 bits per heavy atom. The minimum atomic E-state index is -1.13. The Morgan fingerprint density at radius 3 is 1.46 bits per heavy atom. The number of carboxylic acids is 1. The summed E-state index contributed by atoms with van der Waals surface area (Å²) in [6.07, 6.45) is 44.5. The van der Waals surface area contributed by atoms with Gasteiger partial charge in [0.05, 0.1) is 40.3 Å². The van der Waals surface area contributed by atoms with E-state index in [9.17, 15) is 19.5 Å². The molecule has 8 nitrogen and oxygen atoms in total. The quantitative estimate of drug-likeness (QED) is 0.0263. The fourth-order valence-electron chi connectivity index (χ4n) is 6.63. The Labute approximate surface area is 344 Å². The van der Waals surface area contributed by atoms with Crippen molar-refractivity contribution < 1.29 is 38.2 Å². The Balaban J connectivity index is 4.29. The highest BCUT2D eigenvalue weighted by Gasteiger charge is 2.25. The summed E-state index contributed by atoms with van der Waals surface area (Å²) in [5.74, 6) is -1.75. The number of quaternary nitrogens is 1. The standard InChI is InChI=1S/C48H87NO7/c1-6-8-10-12-14-16-18-20-21-22-23-24-25-27-28-30-32-34-36-38-46(50)55-43-44(42-54-41-40-45(48(52)53)49(3,4)5)56-47(51)39-37-35-33-31-29-26-19-17-15-13-11-9-7-2/h11,13,17,19-21,44-45H,6-10,12,14-16,18,22-43H2,1-5H3/b13-11-,19-17-,21-20-. The molecule has 0 fully saturated rings. The van der Waals surface area contributed by atoms with Crippen LogP contribution in [0.4, 0.5) is 0 Å². The Kier molecular flexibility index (Phi) is 37.7. The van der Waals surface area contributed by atoms with Crippen molar-refractivity contribution in [3.8, 4) is 0 Å². The number of ether oxygens (including phenoxy) is 3. The van der Waals surface area contributed by atoms with Crippen LogP contribution >= 0.6 is 0 Å². The molecule has 0 amide bonds. The molecule has 0 aromatic heterocycles. The van der Waals surface area contributed by atoms with Gasteiger partial charge in [-0.05, 0) is 64.2 Å². The van der Waals surface area contributed by atoms with Gasteiger partial charge in [-0.25, -0.2) is 0 Å². The van der Waals surface area contributed by atoms with Crippen LogP contribution in [0.3, 0.4) is 0 Å². The van der Waals surface area contributed by atoms with Crippen molar-refractivity contribution in [3.63, 3.8) is 0 Å². The van der Waals surface area contributed by atoms with Crippen LogP contribution in [-0.4, -0.2) is 75.5 Å². The molecule has 0 bridgehead atoms. The summed E-state index contributed by atoms with van der Waals surface area (Å²) in [6, 6.07) is -0.727. The molecular formula is C48H87NO7. The molecule has 0 rings (SSSR count). The van der Waals surface area contributed by atoms with Crippen molar-refractivity contribution >= 4 is 17.9 Å². The van der Waals surface area contributed by atoms with Gasteiger partial charge in [0.25, 0.3) is 0 Å². The SMILES string of the molecule is CCC/C=C\C/C=C\CCCCCCCC(=O)OC(COCCC(C(=O)[O-])[N+](C)(C)C)COC(=O)CCCCCCCCCCC/C=C\CCCCCCCC. The Hall–Kier alpha value is -2.45. The van der Waals surface area contributed by atoms with Gasteiger partial charge in [-0.3, -0.25) is 9.59 Å². The number of nitrogens with zero attached hydrogens (tertiary/aromatic N) is 1. The van der Waals surface area contributed by atoms with Gasteiger partial charge in [0, 0.05) is 19.3 Å². The van der Waals surface area contributed by atoms with Crippen LogP contribution in [0.25, 0.3) is 0 Å². The highest BCUT2D eigenvalue weighted by atomic mass is 16.6. The van der Waals surface area contributed by atoms with Gasteiger partial charge in [0.15, 0.2) is 6.10 Å². The summed E-state index contributed by atoms with van der Waals surface area (Å²) in [5, 5.41) is 11.6. The van der Waals surface area contributed by atoms with Crippen molar-refractivity contribution in [1.82, 2.24) is 0 Å². The van der Waals surface area contributed by atoms with Gasteiger partial charge in [0.1, 0.15) is 12.6 Å². The number of carbonyl (C=O) groups excluding carboxylic acids is 3. The lowest BCUT2D eigenvalue weighted by Gasteiger charge is -2.34. The van der Waals surface area contributed by atoms with Crippen LogP contribution in [-0.2, 0) is 28.6 Å². The molecule has 0 heterocycles. The monoisotopic (exact) mass is 790 g/mol.